The summed E-state index contributed by atoms with van der Waals surface area (Å²) in [6.07, 6.45) is 9.71. The molecule has 0 radical (unpaired) electrons. The van der Waals surface area contributed by atoms with E-state index in [1.807, 2.05) is 0 Å². The SMILES string of the molecule is CC1CCCC(C2CC(CO)CCC2C)C1. The molecule has 5 atom stereocenters. The van der Waals surface area contributed by atoms with Crippen LogP contribution in [0.5, 0.6) is 0 Å². The molecule has 0 aromatic rings. The van der Waals surface area contributed by atoms with Crippen LogP contribution in [0.4, 0.5) is 0 Å². The Morgan fingerprint density at radius 2 is 1.81 bits per heavy atom. The molecule has 1 nitrogen and oxygen atoms in total. The number of aliphatic hydroxyl groups excluding tert-OH is 1. The zero-order valence-electron chi connectivity index (χ0n) is 11.0. The van der Waals surface area contributed by atoms with Crippen LogP contribution in [-0.4, -0.2) is 11.7 Å². The second-order valence-corrected chi connectivity index (χ2v) is 6.53. The first kappa shape index (κ1) is 12.4. The standard InChI is InChI=1S/C15H28O/c1-11-4-3-5-14(8-11)15-9-13(10-16)7-6-12(15)2/h11-16H,3-10H2,1-2H3. The van der Waals surface area contributed by atoms with Crippen LogP contribution < -0.4 is 0 Å². The lowest BCUT2D eigenvalue weighted by atomic mass is 9.64. The van der Waals surface area contributed by atoms with Crippen LogP contribution in [0.15, 0.2) is 0 Å². The highest BCUT2D eigenvalue weighted by molar-refractivity contribution is 4.85. The molecule has 0 saturated heterocycles. The molecule has 16 heavy (non-hydrogen) atoms. The summed E-state index contributed by atoms with van der Waals surface area (Å²) >= 11 is 0. The van der Waals surface area contributed by atoms with Crippen LogP contribution in [0.3, 0.4) is 0 Å². The third-order valence-electron chi connectivity index (χ3n) is 5.21. The van der Waals surface area contributed by atoms with Crippen LogP contribution in [0.25, 0.3) is 0 Å². The average molecular weight is 224 g/mol. The highest BCUT2D eigenvalue weighted by Gasteiger charge is 2.34. The molecule has 2 fully saturated rings. The number of hydrogen-bond acceptors (Lipinski definition) is 1. The Bertz CT molecular complexity index is 213. The molecule has 0 bridgehead atoms. The van der Waals surface area contributed by atoms with E-state index in [4.69, 9.17) is 0 Å². The molecule has 94 valence electrons. The summed E-state index contributed by atoms with van der Waals surface area (Å²) in [7, 11) is 0. The fourth-order valence-corrected chi connectivity index (χ4v) is 4.14. The van der Waals surface area contributed by atoms with Gasteiger partial charge in [-0.25, -0.2) is 0 Å². The Hall–Kier alpha value is -0.0400. The fraction of sp³-hybridized carbons (Fsp3) is 1.00. The maximum Gasteiger partial charge on any atom is 0.0459 e. The van der Waals surface area contributed by atoms with Gasteiger partial charge in [0.15, 0.2) is 0 Å². The van der Waals surface area contributed by atoms with Crippen molar-refractivity contribution in [3.05, 3.63) is 0 Å². The minimum atomic E-state index is 0.422. The summed E-state index contributed by atoms with van der Waals surface area (Å²) in [6.45, 7) is 5.28. The van der Waals surface area contributed by atoms with Crippen LogP contribution in [-0.2, 0) is 0 Å². The molecule has 2 saturated carbocycles. The van der Waals surface area contributed by atoms with Crippen LogP contribution in [0.1, 0.15) is 58.8 Å². The summed E-state index contributed by atoms with van der Waals surface area (Å²) in [5.41, 5.74) is 0. The van der Waals surface area contributed by atoms with E-state index in [2.05, 4.69) is 13.8 Å². The van der Waals surface area contributed by atoms with Crippen molar-refractivity contribution < 1.29 is 5.11 Å². The van der Waals surface area contributed by atoms with Gasteiger partial charge in [-0.05, 0) is 48.9 Å². The maximum absolute atomic E-state index is 9.35. The molecule has 0 amide bonds. The van der Waals surface area contributed by atoms with Crippen molar-refractivity contribution in [3.63, 3.8) is 0 Å². The van der Waals surface area contributed by atoms with Gasteiger partial charge in [0.25, 0.3) is 0 Å². The minimum absolute atomic E-state index is 0.422. The first-order chi connectivity index (χ1) is 7.70. The Kier molecular flexibility index (Phi) is 4.29. The van der Waals surface area contributed by atoms with Gasteiger partial charge in [0, 0.05) is 6.61 Å². The Balaban J connectivity index is 1.94. The topological polar surface area (TPSA) is 20.2 Å². The molecular formula is C15H28O. The molecule has 2 rings (SSSR count). The molecule has 5 unspecified atom stereocenters. The third-order valence-corrected chi connectivity index (χ3v) is 5.21. The van der Waals surface area contributed by atoms with Gasteiger partial charge in [-0.3, -0.25) is 0 Å². The van der Waals surface area contributed by atoms with Crippen LogP contribution in [0, 0.1) is 29.6 Å². The van der Waals surface area contributed by atoms with Gasteiger partial charge in [0.2, 0.25) is 0 Å². The molecule has 0 heterocycles. The van der Waals surface area contributed by atoms with Crippen LogP contribution in [0.2, 0.25) is 0 Å². The molecule has 0 aromatic carbocycles. The second kappa shape index (κ2) is 5.53. The van der Waals surface area contributed by atoms with Crippen molar-refractivity contribution in [1.29, 1.82) is 0 Å². The van der Waals surface area contributed by atoms with Gasteiger partial charge in [-0.15, -0.1) is 0 Å². The van der Waals surface area contributed by atoms with Crippen molar-refractivity contribution in [1.82, 2.24) is 0 Å². The summed E-state index contributed by atoms with van der Waals surface area (Å²) in [5.74, 6) is 4.33. The van der Waals surface area contributed by atoms with Crippen molar-refractivity contribution in [2.45, 2.75) is 58.8 Å². The van der Waals surface area contributed by atoms with E-state index in [9.17, 15) is 5.11 Å². The molecule has 2 aliphatic rings. The Labute approximate surface area is 101 Å². The molecule has 0 aromatic heterocycles. The zero-order chi connectivity index (χ0) is 11.5. The van der Waals surface area contributed by atoms with E-state index in [0.29, 0.717) is 12.5 Å². The second-order valence-electron chi connectivity index (χ2n) is 6.53. The quantitative estimate of drug-likeness (QED) is 0.755. The van der Waals surface area contributed by atoms with E-state index >= 15 is 0 Å². The Morgan fingerprint density at radius 1 is 1.00 bits per heavy atom. The molecule has 0 aliphatic heterocycles. The summed E-state index contributed by atoms with van der Waals surface area (Å²) < 4.78 is 0. The molecule has 1 N–H and O–H groups in total. The zero-order valence-corrected chi connectivity index (χ0v) is 11.0. The normalized spacial score (nSPS) is 45.6. The van der Waals surface area contributed by atoms with E-state index in [1.165, 1.54) is 44.9 Å². The molecule has 1 heteroatoms. The smallest absolute Gasteiger partial charge is 0.0459 e. The van der Waals surface area contributed by atoms with Gasteiger partial charge in [0.1, 0.15) is 0 Å². The molecule has 2 aliphatic carbocycles. The third kappa shape index (κ3) is 2.80. The first-order valence-electron chi connectivity index (χ1n) is 7.31. The van der Waals surface area contributed by atoms with Gasteiger partial charge in [-0.1, -0.05) is 39.5 Å². The predicted molar refractivity (Wildman–Crippen MR) is 68.2 cm³/mol. The maximum atomic E-state index is 9.35. The summed E-state index contributed by atoms with van der Waals surface area (Å²) in [5, 5.41) is 9.35. The van der Waals surface area contributed by atoms with Gasteiger partial charge in [-0.2, -0.15) is 0 Å². The van der Waals surface area contributed by atoms with E-state index < -0.39 is 0 Å². The van der Waals surface area contributed by atoms with Crippen molar-refractivity contribution in [2.24, 2.45) is 29.6 Å². The van der Waals surface area contributed by atoms with Crippen LogP contribution >= 0.6 is 0 Å². The highest BCUT2D eigenvalue weighted by Crippen LogP contribution is 2.44. The predicted octanol–water partition coefficient (Wildman–Crippen LogP) is 3.86. The number of hydrogen-bond donors (Lipinski definition) is 1. The first-order valence-corrected chi connectivity index (χ1v) is 7.31. The largest absolute Gasteiger partial charge is 0.396 e. The lowest BCUT2D eigenvalue weighted by Gasteiger charge is -2.41. The van der Waals surface area contributed by atoms with Gasteiger partial charge in [0.05, 0.1) is 0 Å². The lowest BCUT2D eigenvalue weighted by Crippen LogP contribution is -2.32. The van der Waals surface area contributed by atoms with E-state index in [0.717, 1.165) is 23.7 Å². The monoisotopic (exact) mass is 224 g/mol. The van der Waals surface area contributed by atoms with Crippen molar-refractivity contribution in [3.8, 4) is 0 Å². The summed E-state index contributed by atoms with van der Waals surface area (Å²) in [4.78, 5) is 0. The van der Waals surface area contributed by atoms with E-state index in [-0.39, 0.29) is 0 Å². The molecular weight excluding hydrogens is 196 g/mol. The highest BCUT2D eigenvalue weighted by atomic mass is 16.3. The average Bonchev–Trinajstić information content (AvgIpc) is 2.30. The fourth-order valence-electron chi connectivity index (χ4n) is 4.14. The lowest BCUT2D eigenvalue weighted by molar-refractivity contribution is 0.0677. The van der Waals surface area contributed by atoms with E-state index in [1.54, 1.807) is 0 Å². The minimum Gasteiger partial charge on any atom is -0.396 e. The van der Waals surface area contributed by atoms with Crippen molar-refractivity contribution in [2.75, 3.05) is 6.61 Å². The summed E-state index contributed by atoms with van der Waals surface area (Å²) in [6, 6.07) is 0. The molecule has 0 spiro atoms. The Morgan fingerprint density at radius 3 is 2.50 bits per heavy atom. The van der Waals surface area contributed by atoms with Crippen molar-refractivity contribution >= 4 is 0 Å². The van der Waals surface area contributed by atoms with Gasteiger partial charge >= 0.3 is 0 Å². The number of rotatable bonds is 2. The van der Waals surface area contributed by atoms with Gasteiger partial charge < -0.3 is 5.11 Å². The number of aliphatic hydroxyl groups is 1.